The Hall–Kier alpha value is -1.27. The van der Waals surface area contributed by atoms with E-state index in [1.54, 1.807) is 38.3 Å². The van der Waals surface area contributed by atoms with Gasteiger partial charge in [-0.15, -0.1) is 0 Å². The Morgan fingerprint density at radius 3 is 2.74 bits per heavy atom. The number of anilines is 1. The van der Waals surface area contributed by atoms with E-state index in [0.29, 0.717) is 18.0 Å². The van der Waals surface area contributed by atoms with E-state index in [-0.39, 0.29) is 0 Å². The maximum atomic E-state index is 12.1. The first-order valence-electron chi connectivity index (χ1n) is 6.36. The van der Waals surface area contributed by atoms with Crippen molar-refractivity contribution in [2.45, 2.75) is 25.5 Å². The van der Waals surface area contributed by atoms with Crippen LogP contribution < -0.4 is 14.8 Å². The SMILES string of the molecule is CCCNCC(C)S(=O)(=O)Nc1cccc(OC)c1. The van der Waals surface area contributed by atoms with Crippen molar-refractivity contribution in [1.29, 1.82) is 0 Å². The summed E-state index contributed by atoms with van der Waals surface area (Å²) in [7, 11) is -1.84. The zero-order valence-corrected chi connectivity index (χ0v) is 12.5. The van der Waals surface area contributed by atoms with Crippen LogP contribution in [0.25, 0.3) is 0 Å². The topological polar surface area (TPSA) is 67.4 Å². The van der Waals surface area contributed by atoms with Crippen LogP contribution in [0.15, 0.2) is 24.3 Å². The van der Waals surface area contributed by atoms with E-state index in [0.717, 1.165) is 13.0 Å². The van der Waals surface area contributed by atoms with Gasteiger partial charge in [-0.3, -0.25) is 4.72 Å². The van der Waals surface area contributed by atoms with Crippen LogP contribution >= 0.6 is 0 Å². The molecule has 1 unspecified atom stereocenters. The molecule has 0 fully saturated rings. The van der Waals surface area contributed by atoms with Gasteiger partial charge in [-0.1, -0.05) is 13.0 Å². The second-order valence-corrected chi connectivity index (χ2v) is 6.49. The monoisotopic (exact) mass is 286 g/mol. The molecule has 0 aliphatic rings. The standard InChI is InChI=1S/C13H22N2O3S/c1-4-8-14-10-11(2)19(16,17)15-12-6-5-7-13(9-12)18-3/h5-7,9,11,14-15H,4,8,10H2,1-3H3. The lowest BCUT2D eigenvalue weighted by Gasteiger charge is -2.15. The number of hydrogen-bond acceptors (Lipinski definition) is 4. The largest absolute Gasteiger partial charge is 0.497 e. The van der Waals surface area contributed by atoms with Crippen molar-refractivity contribution >= 4 is 15.7 Å². The summed E-state index contributed by atoms with van der Waals surface area (Å²) in [6.07, 6.45) is 0.982. The van der Waals surface area contributed by atoms with E-state index in [1.165, 1.54) is 0 Å². The van der Waals surface area contributed by atoms with Crippen molar-refractivity contribution < 1.29 is 13.2 Å². The molecular formula is C13H22N2O3S. The van der Waals surface area contributed by atoms with Crippen LogP contribution in [-0.2, 0) is 10.0 Å². The van der Waals surface area contributed by atoms with Crippen molar-refractivity contribution in [3.8, 4) is 5.75 Å². The van der Waals surface area contributed by atoms with Gasteiger partial charge >= 0.3 is 0 Å². The minimum atomic E-state index is -3.39. The van der Waals surface area contributed by atoms with Crippen molar-refractivity contribution in [2.24, 2.45) is 0 Å². The molecule has 2 N–H and O–H groups in total. The molecule has 6 heteroatoms. The van der Waals surface area contributed by atoms with E-state index in [9.17, 15) is 8.42 Å². The molecule has 0 radical (unpaired) electrons. The molecule has 1 aromatic carbocycles. The molecule has 0 heterocycles. The highest BCUT2D eigenvalue weighted by Gasteiger charge is 2.20. The highest BCUT2D eigenvalue weighted by atomic mass is 32.2. The van der Waals surface area contributed by atoms with Crippen molar-refractivity contribution in [2.75, 3.05) is 24.9 Å². The number of sulfonamides is 1. The average molecular weight is 286 g/mol. The summed E-state index contributed by atoms with van der Waals surface area (Å²) in [6.45, 7) is 4.98. The maximum Gasteiger partial charge on any atom is 0.236 e. The summed E-state index contributed by atoms with van der Waals surface area (Å²) in [6, 6.07) is 6.87. The summed E-state index contributed by atoms with van der Waals surface area (Å²) in [5, 5.41) is 2.61. The minimum absolute atomic E-state index is 0.438. The molecule has 0 amide bonds. The predicted octanol–water partition coefficient (Wildman–Crippen LogP) is 1.82. The van der Waals surface area contributed by atoms with Gasteiger partial charge in [-0.2, -0.15) is 0 Å². The first-order valence-corrected chi connectivity index (χ1v) is 7.90. The zero-order valence-electron chi connectivity index (χ0n) is 11.6. The van der Waals surface area contributed by atoms with Crippen LogP contribution in [0.2, 0.25) is 0 Å². The Bertz CT molecular complexity index is 488. The fraction of sp³-hybridized carbons (Fsp3) is 0.538. The summed E-state index contributed by atoms with van der Waals surface area (Å²) in [4.78, 5) is 0. The van der Waals surface area contributed by atoms with Gasteiger partial charge < -0.3 is 10.1 Å². The van der Waals surface area contributed by atoms with E-state index in [2.05, 4.69) is 10.0 Å². The molecule has 0 bridgehead atoms. The lowest BCUT2D eigenvalue weighted by atomic mass is 10.3. The molecular weight excluding hydrogens is 264 g/mol. The zero-order chi connectivity index (χ0) is 14.3. The van der Waals surface area contributed by atoms with Crippen molar-refractivity contribution in [3.05, 3.63) is 24.3 Å². The molecule has 1 atom stereocenters. The molecule has 0 aromatic heterocycles. The third kappa shape index (κ3) is 5.08. The summed E-state index contributed by atoms with van der Waals surface area (Å²) in [5.74, 6) is 0.622. The van der Waals surface area contributed by atoms with Crippen LogP contribution in [0.3, 0.4) is 0 Å². The summed E-state index contributed by atoms with van der Waals surface area (Å²) >= 11 is 0. The average Bonchev–Trinajstić information content (AvgIpc) is 2.38. The van der Waals surface area contributed by atoms with Gasteiger partial charge in [-0.05, 0) is 32.0 Å². The van der Waals surface area contributed by atoms with Gasteiger partial charge in [0.05, 0.1) is 18.0 Å². The van der Waals surface area contributed by atoms with Gasteiger partial charge in [0.2, 0.25) is 10.0 Å². The van der Waals surface area contributed by atoms with Crippen molar-refractivity contribution in [3.63, 3.8) is 0 Å². The van der Waals surface area contributed by atoms with Gasteiger partial charge in [0.25, 0.3) is 0 Å². The quantitative estimate of drug-likeness (QED) is 0.715. The second kappa shape index (κ2) is 7.35. The number of benzene rings is 1. The number of methoxy groups -OCH3 is 1. The van der Waals surface area contributed by atoms with Crippen LogP contribution in [0, 0.1) is 0 Å². The molecule has 0 spiro atoms. The Labute approximate surface area is 115 Å². The highest BCUT2D eigenvalue weighted by molar-refractivity contribution is 7.93. The molecule has 5 nitrogen and oxygen atoms in total. The van der Waals surface area contributed by atoms with Crippen LogP contribution in [0.5, 0.6) is 5.75 Å². The van der Waals surface area contributed by atoms with E-state index >= 15 is 0 Å². The maximum absolute atomic E-state index is 12.1. The lowest BCUT2D eigenvalue weighted by Crippen LogP contribution is -2.35. The number of ether oxygens (including phenoxy) is 1. The normalized spacial score (nSPS) is 13.0. The fourth-order valence-electron chi connectivity index (χ4n) is 1.54. The smallest absolute Gasteiger partial charge is 0.236 e. The van der Waals surface area contributed by atoms with Crippen molar-refractivity contribution in [1.82, 2.24) is 5.32 Å². The van der Waals surface area contributed by atoms with E-state index < -0.39 is 15.3 Å². The Balaban J connectivity index is 2.67. The predicted molar refractivity (Wildman–Crippen MR) is 78.2 cm³/mol. The third-order valence-corrected chi connectivity index (χ3v) is 4.46. The number of rotatable bonds is 8. The van der Waals surface area contributed by atoms with E-state index in [4.69, 9.17) is 4.74 Å². The van der Waals surface area contributed by atoms with Crippen LogP contribution in [-0.4, -0.2) is 33.9 Å². The Morgan fingerprint density at radius 2 is 2.11 bits per heavy atom. The van der Waals surface area contributed by atoms with E-state index in [1.807, 2.05) is 6.92 Å². The van der Waals surface area contributed by atoms with Gasteiger partial charge in [0.15, 0.2) is 0 Å². The molecule has 0 saturated heterocycles. The number of hydrogen-bond donors (Lipinski definition) is 2. The first-order chi connectivity index (χ1) is 8.99. The van der Waals surface area contributed by atoms with Crippen LogP contribution in [0.1, 0.15) is 20.3 Å². The summed E-state index contributed by atoms with van der Waals surface area (Å²) < 4.78 is 31.8. The molecule has 0 aliphatic heterocycles. The second-order valence-electron chi connectivity index (χ2n) is 4.39. The van der Waals surface area contributed by atoms with Gasteiger partial charge in [0, 0.05) is 12.6 Å². The fourth-order valence-corrected chi connectivity index (χ4v) is 2.54. The molecule has 1 aromatic rings. The lowest BCUT2D eigenvalue weighted by molar-refractivity contribution is 0.415. The number of nitrogens with one attached hydrogen (secondary N) is 2. The first kappa shape index (κ1) is 15.8. The van der Waals surface area contributed by atoms with Gasteiger partial charge in [0.1, 0.15) is 5.75 Å². The molecule has 1 rings (SSSR count). The Morgan fingerprint density at radius 1 is 1.37 bits per heavy atom. The highest BCUT2D eigenvalue weighted by Crippen LogP contribution is 2.18. The molecule has 19 heavy (non-hydrogen) atoms. The molecule has 0 aliphatic carbocycles. The van der Waals surface area contributed by atoms with Crippen LogP contribution in [0.4, 0.5) is 5.69 Å². The third-order valence-electron chi connectivity index (χ3n) is 2.72. The summed E-state index contributed by atoms with van der Waals surface area (Å²) in [5.41, 5.74) is 0.515. The molecule has 108 valence electrons. The van der Waals surface area contributed by atoms with Gasteiger partial charge in [-0.25, -0.2) is 8.42 Å². The Kier molecular flexibility index (Phi) is 6.11. The minimum Gasteiger partial charge on any atom is -0.497 e. The molecule has 0 saturated carbocycles.